The van der Waals surface area contributed by atoms with Crippen LogP contribution in [0.3, 0.4) is 0 Å². The Morgan fingerprint density at radius 3 is 2.64 bits per heavy atom. The summed E-state index contributed by atoms with van der Waals surface area (Å²) in [7, 11) is 0. The van der Waals surface area contributed by atoms with Crippen molar-refractivity contribution in [2.24, 2.45) is 0 Å². The van der Waals surface area contributed by atoms with Gasteiger partial charge in [-0.15, -0.1) is 0 Å². The Hall–Kier alpha value is -2.77. The van der Waals surface area contributed by atoms with E-state index in [1.54, 1.807) is 13.0 Å². The van der Waals surface area contributed by atoms with Gasteiger partial charge >= 0.3 is 5.97 Å². The summed E-state index contributed by atoms with van der Waals surface area (Å²) < 4.78 is 13.4. The van der Waals surface area contributed by atoms with Gasteiger partial charge in [-0.3, -0.25) is 14.9 Å². The van der Waals surface area contributed by atoms with Gasteiger partial charge in [0.15, 0.2) is 0 Å². The summed E-state index contributed by atoms with van der Waals surface area (Å²) in [6.45, 7) is 2.98. The van der Waals surface area contributed by atoms with E-state index in [-0.39, 0.29) is 12.0 Å². The minimum Gasteiger partial charge on any atom is -0.480 e. The van der Waals surface area contributed by atoms with Crippen molar-refractivity contribution in [3.63, 3.8) is 0 Å². The van der Waals surface area contributed by atoms with Crippen molar-refractivity contribution in [1.82, 2.24) is 5.32 Å². The maximum Gasteiger partial charge on any atom is 0.326 e. The van der Waals surface area contributed by atoms with Gasteiger partial charge in [-0.25, -0.2) is 9.18 Å². The molecule has 0 radical (unpaired) electrons. The topological polar surface area (TPSA) is 110 Å². The Bertz CT molecular complexity index is 642. The lowest BCUT2D eigenvalue weighted by Gasteiger charge is -2.13. The second-order valence-electron chi connectivity index (χ2n) is 4.54. The van der Waals surface area contributed by atoms with Crippen LogP contribution >= 0.6 is 0 Å². The van der Waals surface area contributed by atoms with Crippen LogP contribution in [0.5, 0.6) is 0 Å². The fraction of sp³-hybridized carbons (Fsp3) is 0.286. The highest BCUT2D eigenvalue weighted by Crippen LogP contribution is 2.24. The zero-order chi connectivity index (χ0) is 16.9. The quantitative estimate of drug-likeness (QED) is 0.475. The third-order valence-electron chi connectivity index (χ3n) is 2.90. The number of nitrogens with zero attached hydrogens (tertiary/aromatic N) is 1. The van der Waals surface area contributed by atoms with Gasteiger partial charge in [-0.05, 0) is 32.4 Å². The molecule has 118 valence electrons. The van der Waals surface area contributed by atoms with Gasteiger partial charge in [-0.1, -0.05) is 12.2 Å². The summed E-state index contributed by atoms with van der Waals surface area (Å²) in [5, 5.41) is 22.2. The summed E-state index contributed by atoms with van der Waals surface area (Å²) in [6, 6.07) is 0.394. The van der Waals surface area contributed by atoms with Crippen LogP contribution in [-0.2, 0) is 4.79 Å². The van der Waals surface area contributed by atoms with E-state index in [0.29, 0.717) is 0 Å². The van der Waals surface area contributed by atoms with Crippen molar-refractivity contribution in [2.75, 3.05) is 0 Å². The van der Waals surface area contributed by atoms with E-state index in [9.17, 15) is 24.1 Å². The molecule has 0 heterocycles. The van der Waals surface area contributed by atoms with Crippen LogP contribution in [0.15, 0.2) is 24.3 Å². The van der Waals surface area contributed by atoms with Gasteiger partial charge in [-0.2, -0.15) is 0 Å². The van der Waals surface area contributed by atoms with Gasteiger partial charge in [0.05, 0.1) is 4.92 Å². The highest BCUT2D eigenvalue weighted by Gasteiger charge is 2.27. The Morgan fingerprint density at radius 2 is 2.14 bits per heavy atom. The second kappa shape index (κ2) is 7.30. The number of allylic oxidation sites excluding steroid dienone is 1. The number of rotatable bonds is 6. The van der Waals surface area contributed by atoms with E-state index in [4.69, 9.17) is 5.11 Å². The summed E-state index contributed by atoms with van der Waals surface area (Å²) in [6.07, 6.45) is 3.15. The van der Waals surface area contributed by atoms with Crippen LogP contribution in [-0.4, -0.2) is 27.9 Å². The third kappa shape index (κ3) is 4.11. The van der Waals surface area contributed by atoms with E-state index in [0.717, 1.165) is 12.1 Å². The largest absolute Gasteiger partial charge is 0.480 e. The molecular formula is C14H15FN2O5. The number of halogens is 1. The molecule has 1 unspecified atom stereocenters. The van der Waals surface area contributed by atoms with Crippen molar-refractivity contribution in [3.8, 4) is 0 Å². The number of amides is 1. The molecule has 0 aliphatic carbocycles. The van der Waals surface area contributed by atoms with Crippen molar-refractivity contribution in [2.45, 2.75) is 26.3 Å². The zero-order valence-corrected chi connectivity index (χ0v) is 12.0. The van der Waals surface area contributed by atoms with E-state index in [1.165, 1.54) is 13.0 Å². The Kier molecular flexibility index (Phi) is 5.73. The molecule has 7 nitrogen and oxygen atoms in total. The third-order valence-corrected chi connectivity index (χ3v) is 2.90. The fourth-order valence-electron chi connectivity index (χ4n) is 1.88. The Morgan fingerprint density at radius 1 is 1.50 bits per heavy atom. The van der Waals surface area contributed by atoms with Crippen LogP contribution in [0.1, 0.15) is 29.3 Å². The number of carbonyl (C=O) groups excluding carboxylic acids is 1. The number of nitro benzene ring substituents is 1. The van der Waals surface area contributed by atoms with Crippen molar-refractivity contribution >= 4 is 17.6 Å². The minimum absolute atomic E-state index is 0.0136. The smallest absolute Gasteiger partial charge is 0.326 e. The lowest BCUT2D eigenvalue weighted by Crippen LogP contribution is -2.40. The number of nitrogens with one attached hydrogen (secondary N) is 1. The van der Waals surface area contributed by atoms with Gasteiger partial charge < -0.3 is 10.4 Å². The lowest BCUT2D eigenvalue weighted by molar-refractivity contribution is -0.385. The first-order valence-electron chi connectivity index (χ1n) is 6.37. The molecule has 1 rings (SSSR count). The number of aryl methyl sites for hydroxylation is 1. The average Bonchev–Trinajstić information content (AvgIpc) is 2.41. The first kappa shape index (κ1) is 17.3. The zero-order valence-electron chi connectivity index (χ0n) is 12.0. The predicted molar refractivity (Wildman–Crippen MR) is 76.1 cm³/mol. The molecule has 8 heteroatoms. The van der Waals surface area contributed by atoms with Crippen molar-refractivity contribution < 1.29 is 24.0 Å². The predicted octanol–water partition coefficient (Wildman–Crippen LogP) is 2.19. The van der Waals surface area contributed by atoms with Crippen LogP contribution < -0.4 is 5.32 Å². The molecule has 0 saturated heterocycles. The molecule has 0 aromatic heterocycles. The Labute approximate surface area is 125 Å². The molecule has 0 aliphatic heterocycles. The van der Waals surface area contributed by atoms with E-state index in [1.807, 2.05) is 0 Å². The van der Waals surface area contributed by atoms with E-state index < -0.39 is 39.9 Å². The van der Waals surface area contributed by atoms with Gasteiger partial charge in [0.25, 0.3) is 11.6 Å². The molecule has 0 bridgehead atoms. The van der Waals surface area contributed by atoms with E-state index >= 15 is 0 Å². The number of carboxylic acids is 1. The number of carbonyl (C=O) groups is 2. The number of carboxylic acid groups (broad SMARTS) is 1. The van der Waals surface area contributed by atoms with Gasteiger partial charge in [0.2, 0.25) is 0 Å². The molecule has 1 aromatic rings. The summed E-state index contributed by atoms with van der Waals surface area (Å²) in [4.78, 5) is 33.4. The van der Waals surface area contributed by atoms with Crippen LogP contribution in [0.25, 0.3) is 0 Å². The van der Waals surface area contributed by atoms with Crippen LogP contribution in [0, 0.1) is 22.9 Å². The monoisotopic (exact) mass is 310 g/mol. The average molecular weight is 310 g/mol. The number of hydrogen-bond donors (Lipinski definition) is 2. The highest BCUT2D eigenvalue weighted by molar-refractivity contribution is 6.00. The second-order valence-corrected chi connectivity index (χ2v) is 4.54. The molecule has 1 atom stereocenters. The highest BCUT2D eigenvalue weighted by atomic mass is 19.1. The molecule has 0 fully saturated rings. The van der Waals surface area contributed by atoms with Crippen molar-refractivity contribution in [3.05, 3.63) is 51.3 Å². The SMILES string of the molecule is C/C=C/CC(NC(=O)c1cc(F)cc(C)c1[N+](=O)[O-])C(=O)O. The summed E-state index contributed by atoms with van der Waals surface area (Å²) >= 11 is 0. The Balaban J connectivity index is 3.16. The maximum absolute atomic E-state index is 13.4. The van der Waals surface area contributed by atoms with Crippen LogP contribution in [0.2, 0.25) is 0 Å². The molecule has 22 heavy (non-hydrogen) atoms. The number of benzene rings is 1. The first-order valence-corrected chi connectivity index (χ1v) is 6.37. The molecular weight excluding hydrogens is 295 g/mol. The molecule has 0 aliphatic rings. The number of nitro groups is 1. The van der Waals surface area contributed by atoms with Crippen LogP contribution in [0.4, 0.5) is 10.1 Å². The molecule has 1 amide bonds. The molecule has 1 aromatic carbocycles. The minimum atomic E-state index is -1.29. The standard InChI is InChI=1S/C14H15FN2O5/c1-3-4-5-11(14(19)20)16-13(18)10-7-9(15)6-8(2)12(10)17(21)22/h3-4,6-7,11H,5H2,1-2H3,(H,16,18)(H,19,20)/b4-3+. The summed E-state index contributed by atoms with van der Waals surface area (Å²) in [5.74, 6) is -3.11. The van der Waals surface area contributed by atoms with Gasteiger partial charge in [0, 0.05) is 5.56 Å². The number of hydrogen-bond acceptors (Lipinski definition) is 4. The van der Waals surface area contributed by atoms with Crippen molar-refractivity contribution in [1.29, 1.82) is 0 Å². The molecule has 2 N–H and O–H groups in total. The lowest BCUT2D eigenvalue weighted by atomic mass is 10.1. The molecule has 0 saturated carbocycles. The maximum atomic E-state index is 13.4. The van der Waals surface area contributed by atoms with E-state index in [2.05, 4.69) is 5.32 Å². The molecule has 0 spiro atoms. The first-order chi connectivity index (χ1) is 10.3. The van der Waals surface area contributed by atoms with Gasteiger partial charge in [0.1, 0.15) is 17.4 Å². The fourth-order valence-corrected chi connectivity index (χ4v) is 1.88. The summed E-state index contributed by atoms with van der Waals surface area (Å²) in [5.41, 5.74) is -1.07. The normalized spacial score (nSPS) is 12.1. The number of aliphatic carboxylic acids is 1.